The first-order chi connectivity index (χ1) is 8.80. The van der Waals surface area contributed by atoms with Crippen molar-refractivity contribution in [2.45, 2.75) is 25.7 Å². The molecule has 1 unspecified atom stereocenters. The molecule has 0 aliphatic carbocycles. The van der Waals surface area contributed by atoms with Gasteiger partial charge in [0.2, 0.25) is 0 Å². The third-order valence-corrected chi connectivity index (χ3v) is 2.92. The summed E-state index contributed by atoms with van der Waals surface area (Å²) in [6, 6.07) is 16.1. The van der Waals surface area contributed by atoms with Gasteiger partial charge in [-0.2, -0.15) is 15.8 Å². The van der Waals surface area contributed by atoms with Gasteiger partial charge in [-0.25, -0.2) is 0 Å². The van der Waals surface area contributed by atoms with E-state index in [-0.39, 0.29) is 5.92 Å². The van der Waals surface area contributed by atoms with E-state index < -0.39 is 5.92 Å². The zero-order valence-electron chi connectivity index (χ0n) is 10.2. The maximum Gasteiger partial charge on any atom is 0.133 e. The quantitative estimate of drug-likeness (QED) is 0.762. The number of benzene rings is 1. The van der Waals surface area contributed by atoms with Crippen LogP contribution < -0.4 is 0 Å². The minimum atomic E-state index is -0.586. The first kappa shape index (κ1) is 13.8. The van der Waals surface area contributed by atoms with Gasteiger partial charge in [0.05, 0.1) is 18.2 Å². The lowest BCUT2D eigenvalue weighted by molar-refractivity contribution is 0.513. The molecule has 90 valence electrons. The normalized spacial score (nSPS) is 11.2. The highest BCUT2D eigenvalue weighted by molar-refractivity contribution is 5.15. The van der Waals surface area contributed by atoms with E-state index in [2.05, 4.69) is 6.07 Å². The number of nitriles is 3. The summed E-state index contributed by atoms with van der Waals surface area (Å²) in [4.78, 5) is 0. The van der Waals surface area contributed by atoms with E-state index in [1.54, 1.807) is 0 Å². The van der Waals surface area contributed by atoms with Crippen molar-refractivity contribution in [3.63, 3.8) is 0 Å². The Morgan fingerprint density at radius 3 is 2.06 bits per heavy atom. The molecule has 1 atom stereocenters. The highest BCUT2D eigenvalue weighted by Gasteiger charge is 2.12. The first-order valence-corrected chi connectivity index (χ1v) is 6.03. The summed E-state index contributed by atoms with van der Waals surface area (Å²) in [5.41, 5.74) is 1.22. The summed E-state index contributed by atoms with van der Waals surface area (Å²) in [5, 5.41) is 26.4. The van der Waals surface area contributed by atoms with Crippen molar-refractivity contribution < 1.29 is 0 Å². The van der Waals surface area contributed by atoms with Crippen LogP contribution in [0.15, 0.2) is 30.3 Å². The molecule has 0 bridgehead atoms. The van der Waals surface area contributed by atoms with Crippen molar-refractivity contribution >= 4 is 0 Å². The van der Waals surface area contributed by atoms with Crippen LogP contribution in [0, 0.1) is 45.8 Å². The largest absolute Gasteiger partial charge is 0.198 e. The lowest BCUT2D eigenvalue weighted by atomic mass is 9.93. The monoisotopic (exact) mass is 237 g/mol. The van der Waals surface area contributed by atoms with Crippen molar-refractivity contribution in [3.8, 4) is 18.2 Å². The molecule has 0 fully saturated rings. The topological polar surface area (TPSA) is 71.4 Å². The molecule has 0 saturated heterocycles. The first-order valence-electron chi connectivity index (χ1n) is 6.03. The highest BCUT2D eigenvalue weighted by Crippen LogP contribution is 2.17. The zero-order valence-corrected chi connectivity index (χ0v) is 10.2. The fourth-order valence-corrected chi connectivity index (χ4v) is 1.78. The second kappa shape index (κ2) is 7.88. The van der Waals surface area contributed by atoms with E-state index in [0.717, 1.165) is 12.8 Å². The van der Waals surface area contributed by atoms with Crippen molar-refractivity contribution in [2.24, 2.45) is 11.8 Å². The smallest absolute Gasteiger partial charge is 0.133 e. The summed E-state index contributed by atoms with van der Waals surface area (Å²) in [5.74, 6) is -0.660. The van der Waals surface area contributed by atoms with E-state index in [1.165, 1.54) is 5.56 Å². The molecule has 0 amide bonds. The fourth-order valence-electron chi connectivity index (χ4n) is 1.78. The van der Waals surface area contributed by atoms with Gasteiger partial charge in [-0.05, 0) is 31.2 Å². The van der Waals surface area contributed by atoms with Crippen LogP contribution in [0.3, 0.4) is 0 Å². The van der Waals surface area contributed by atoms with E-state index >= 15 is 0 Å². The molecule has 3 heteroatoms. The van der Waals surface area contributed by atoms with E-state index in [9.17, 15) is 0 Å². The van der Waals surface area contributed by atoms with Crippen LogP contribution in [0.5, 0.6) is 0 Å². The number of aryl methyl sites for hydroxylation is 1. The Morgan fingerprint density at radius 2 is 1.50 bits per heavy atom. The molecule has 0 heterocycles. The fraction of sp³-hybridized carbons (Fsp3) is 0.400. The minimum absolute atomic E-state index is 0.0746. The molecule has 1 rings (SSSR count). The third kappa shape index (κ3) is 4.69. The minimum Gasteiger partial charge on any atom is -0.198 e. The van der Waals surface area contributed by atoms with Gasteiger partial charge in [0.1, 0.15) is 5.92 Å². The van der Waals surface area contributed by atoms with Crippen LogP contribution >= 0.6 is 0 Å². The third-order valence-electron chi connectivity index (χ3n) is 2.92. The summed E-state index contributed by atoms with van der Waals surface area (Å²) in [6.07, 6.45) is 2.75. The van der Waals surface area contributed by atoms with Crippen molar-refractivity contribution in [2.75, 3.05) is 0 Å². The molecule has 1 aromatic carbocycles. The summed E-state index contributed by atoms with van der Waals surface area (Å²) in [6.45, 7) is 0. The number of nitrogens with zero attached hydrogens (tertiary/aromatic N) is 3. The van der Waals surface area contributed by atoms with Gasteiger partial charge in [0, 0.05) is 5.92 Å². The Balaban J connectivity index is 2.38. The van der Waals surface area contributed by atoms with Crippen LogP contribution in [0.1, 0.15) is 24.8 Å². The Bertz CT molecular complexity index is 459. The summed E-state index contributed by atoms with van der Waals surface area (Å²) in [7, 11) is 0. The molecular formula is C15H15N3. The maximum absolute atomic E-state index is 9.05. The molecule has 0 aromatic heterocycles. The summed E-state index contributed by atoms with van der Waals surface area (Å²) < 4.78 is 0. The molecule has 0 saturated carbocycles. The standard InChI is InChI=1S/C15H15N3/c16-10-14(8-9-15(11-17)12-18)7-6-13-4-2-1-3-5-13/h1-5,14-15H,6-9H2. The van der Waals surface area contributed by atoms with Crippen LogP contribution in [0.25, 0.3) is 0 Å². The van der Waals surface area contributed by atoms with Gasteiger partial charge < -0.3 is 0 Å². The Morgan fingerprint density at radius 1 is 0.833 bits per heavy atom. The number of hydrogen-bond acceptors (Lipinski definition) is 3. The Kier molecular flexibility index (Phi) is 6.02. The van der Waals surface area contributed by atoms with Gasteiger partial charge in [0.15, 0.2) is 0 Å². The maximum atomic E-state index is 9.05. The van der Waals surface area contributed by atoms with Gasteiger partial charge >= 0.3 is 0 Å². The van der Waals surface area contributed by atoms with E-state index in [0.29, 0.717) is 12.8 Å². The molecule has 18 heavy (non-hydrogen) atoms. The van der Waals surface area contributed by atoms with Gasteiger partial charge in [-0.1, -0.05) is 30.3 Å². The van der Waals surface area contributed by atoms with E-state index in [1.807, 2.05) is 42.5 Å². The molecule has 3 nitrogen and oxygen atoms in total. The molecule has 0 aliphatic rings. The van der Waals surface area contributed by atoms with Crippen molar-refractivity contribution in [1.29, 1.82) is 15.8 Å². The SMILES string of the molecule is N#CC(C#N)CCC(C#N)CCc1ccccc1. The van der Waals surface area contributed by atoms with Crippen LogP contribution in [-0.4, -0.2) is 0 Å². The average Bonchev–Trinajstić information content (AvgIpc) is 2.44. The zero-order chi connectivity index (χ0) is 13.2. The molecule has 0 aliphatic heterocycles. The number of rotatable bonds is 6. The lowest BCUT2D eigenvalue weighted by Gasteiger charge is -2.08. The predicted octanol–water partition coefficient (Wildman–Crippen LogP) is 3.20. The van der Waals surface area contributed by atoms with Crippen LogP contribution in [0.4, 0.5) is 0 Å². The van der Waals surface area contributed by atoms with Crippen LogP contribution in [0.2, 0.25) is 0 Å². The van der Waals surface area contributed by atoms with Crippen molar-refractivity contribution in [1.82, 2.24) is 0 Å². The number of hydrogen-bond donors (Lipinski definition) is 0. The molecule has 1 aromatic rings. The predicted molar refractivity (Wildman–Crippen MR) is 67.8 cm³/mol. The van der Waals surface area contributed by atoms with Gasteiger partial charge in [-0.3, -0.25) is 0 Å². The second-order valence-electron chi connectivity index (χ2n) is 4.24. The van der Waals surface area contributed by atoms with Crippen molar-refractivity contribution in [3.05, 3.63) is 35.9 Å². The summed E-state index contributed by atoms with van der Waals surface area (Å²) >= 11 is 0. The lowest BCUT2D eigenvalue weighted by Crippen LogP contribution is -2.03. The van der Waals surface area contributed by atoms with E-state index in [4.69, 9.17) is 15.8 Å². The Labute approximate surface area is 108 Å². The molecular weight excluding hydrogens is 222 g/mol. The second-order valence-corrected chi connectivity index (χ2v) is 4.24. The van der Waals surface area contributed by atoms with Gasteiger partial charge in [0.25, 0.3) is 0 Å². The van der Waals surface area contributed by atoms with Crippen LogP contribution in [-0.2, 0) is 6.42 Å². The highest BCUT2D eigenvalue weighted by atomic mass is 14.3. The molecule has 0 spiro atoms. The average molecular weight is 237 g/mol. The van der Waals surface area contributed by atoms with Gasteiger partial charge in [-0.15, -0.1) is 0 Å². The molecule has 0 radical (unpaired) electrons. The molecule has 0 N–H and O–H groups in total. The Hall–Kier alpha value is -2.31.